The summed E-state index contributed by atoms with van der Waals surface area (Å²) in [4.78, 5) is 22.9. The van der Waals surface area contributed by atoms with Crippen molar-refractivity contribution in [2.24, 2.45) is 5.92 Å². The highest BCUT2D eigenvalue weighted by atomic mass is 16.4. The quantitative estimate of drug-likeness (QED) is 0.756. The molecule has 0 aromatic rings. The van der Waals surface area contributed by atoms with Crippen LogP contribution >= 0.6 is 0 Å². The Morgan fingerprint density at radius 2 is 1.90 bits per heavy atom. The van der Waals surface area contributed by atoms with Crippen molar-refractivity contribution >= 4 is 18.6 Å². The van der Waals surface area contributed by atoms with Crippen molar-refractivity contribution in [3.05, 3.63) is 0 Å². The fourth-order valence-electron chi connectivity index (χ4n) is 2.40. The molecule has 0 heterocycles. The predicted octanol–water partition coefficient (Wildman–Crippen LogP) is 2.35. The molecule has 1 unspecified atom stereocenters. The maximum atomic E-state index is 11.6. The molecule has 0 aromatic carbocycles. The van der Waals surface area contributed by atoms with Gasteiger partial charge in [-0.3, -0.25) is 4.79 Å². The van der Waals surface area contributed by atoms with Crippen LogP contribution in [0.2, 0.25) is 13.1 Å². The molecular formula is C14H25BN2O3. The Morgan fingerprint density at radius 3 is 2.35 bits per heavy atom. The zero-order valence-electron chi connectivity index (χ0n) is 12.7. The third-order valence-electron chi connectivity index (χ3n) is 3.42. The van der Waals surface area contributed by atoms with Gasteiger partial charge < -0.3 is 10.4 Å². The molecule has 0 bridgehead atoms. The Hall–Kier alpha value is -1.51. The molecule has 1 rings (SSSR count). The molecule has 1 aliphatic carbocycles. The fraction of sp³-hybridized carbons (Fsp3) is 0.786. The summed E-state index contributed by atoms with van der Waals surface area (Å²) in [5, 5.41) is 20.4. The maximum absolute atomic E-state index is 11.6. The zero-order chi connectivity index (χ0) is 15.5. The normalized spacial score (nSPS) is 16.1. The van der Waals surface area contributed by atoms with E-state index in [4.69, 9.17) is 5.26 Å². The number of nitriles is 1. The van der Waals surface area contributed by atoms with Gasteiger partial charge in [0.2, 0.25) is 5.91 Å². The summed E-state index contributed by atoms with van der Waals surface area (Å²) in [6, 6.07) is -0.802. The molecular weight excluding hydrogens is 255 g/mol. The summed E-state index contributed by atoms with van der Waals surface area (Å²) in [7, 11) is 0. The fourth-order valence-corrected chi connectivity index (χ4v) is 2.40. The Bertz CT molecular complexity index is 349. The van der Waals surface area contributed by atoms with Gasteiger partial charge in [-0.1, -0.05) is 39.9 Å². The molecule has 1 amide bonds. The number of aliphatic carboxylic acids is 1. The topological polar surface area (TPSA) is 90.2 Å². The Morgan fingerprint density at radius 1 is 1.35 bits per heavy atom. The van der Waals surface area contributed by atoms with Gasteiger partial charge in [-0.05, 0) is 18.8 Å². The summed E-state index contributed by atoms with van der Waals surface area (Å²) in [6.45, 7) is 5.27. The highest BCUT2D eigenvalue weighted by Gasteiger charge is 2.31. The number of carbonyl (C=O) groups is 2. The first-order valence-corrected chi connectivity index (χ1v) is 7.46. The van der Waals surface area contributed by atoms with Crippen molar-refractivity contribution in [3.63, 3.8) is 0 Å². The molecule has 0 radical (unpaired) electrons. The molecule has 1 saturated carbocycles. The molecule has 0 aliphatic heterocycles. The van der Waals surface area contributed by atoms with E-state index in [1.54, 1.807) is 6.82 Å². The highest BCUT2D eigenvalue weighted by Crippen LogP contribution is 2.26. The lowest BCUT2D eigenvalue weighted by atomic mass is 9.51. The van der Waals surface area contributed by atoms with Crippen LogP contribution in [0, 0.1) is 17.1 Å². The number of carboxylic acids is 1. The first-order chi connectivity index (χ1) is 9.54. The van der Waals surface area contributed by atoms with E-state index in [0.29, 0.717) is 0 Å². The molecule has 0 aromatic heterocycles. The molecule has 5 nitrogen and oxygen atoms in total. The molecule has 1 aliphatic rings. The SMILES string of the molecule is CB(C#N)CC(=O)NC(C(=O)O)C1CCCCC1.CC. The summed E-state index contributed by atoms with van der Waals surface area (Å²) >= 11 is 0. The third-order valence-corrected chi connectivity index (χ3v) is 3.42. The van der Waals surface area contributed by atoms with Crippen molar-refractivity contribution in [1.29, 1.82) is 5.26 Å². The van der Waals surface area contributed by atoms with Crippen molar-refractivity contribution in [3.8, 4) is 5.97 Å². The van der Waals surface area contributed by atoms with Crippen LogP contribution in [0.25, 0.3) is 0 Å². The molecule has 2 N–H and O–H groups in total. The monoisotopic (exact) mass is 280 g/mol. The molecule has 1 atom stereocenters. The van der Waals surface area contributed by atoms with E-state index in [-0.39, 0.29) is 24.9 Å². The largest absolute Gasteiger partial charge is 0.480 e. The van der Waals surface area contributed by atoms with Crippen molar-refractivity contribution in [2.75, 3.05) is 0 Å². The molecule has 0 spiro atoms. The van der Waals surface area contributed by atoms with Crippen LogP contribution < -0.4 is 5.32 Å². The summed E-state index contributed by atoms with van der Waals surface area (Å²) < 4.78 is 0. The Balaban J connectivity index is 0.00000172. The molecule has 1 fully saturated rings. The second-order valence-electron chi connectivity index (χ2n) is 5.02. The number of nitrogens with zero attached hydrogens (tertiary/aromatic N) is 1. The minimum atomic E-state index is -0.972. The van der Waals surface area contributed by atoms with Crippen LogP contribution in [0.3, 0.4) is 0 Å². The van der Waals surface area contributed by atoms with Gasteiger partial charge in [-0.25, -0.2) is 10.1 Å². The van der Waals surface area contributed by atoms with Crippen molar-refractivity contribution in [2.45, 2.75) is 65.1 Å². The van der Waals surface area contributed by atoms with E-state index in [1.807, 2.05) is 19.8 Å². The lowest BCUT2D eigenvalue weighted by Gasteiger charge is -2.28. The minimum Gasteiger partial charge on any atom is -0.480 e. The summed E-state index contributed by atoms with van der Waals surface area (Å²) in [6.07, 6.45) is 4.96. The second kappa shape index (κ2) is 10.3. The van der Waals surface area contributed by atoms with Crippen molar-refractivity contribution in [1.82, 2.24) is 5.32 Å². The van der Waals surface area contributed by atoms with Crippen molar-refractivity contribution < 1.29 is 14.7 Å². The lowest BCUT2D eigenvalue weighted by molar-refractivity contribution is -0.143. The van der Waals surface area contributed by atoms with Crippen LogP contribution in [-0.2, 0) is 9.59 Å². The first kappa shape index (κ1) is 18.5. The average molecular weight is 280 g/mol. The average Bonchev–Trinajstić information content (AvgIpc) is 2.47. The van der Waals surface area contributed by atoms with Gasteiger partial charge in [0.15, 0.2) is 0 Å². The number of hydrogen-bond donors (Lipinski definition) is 2. The Kier molecular flexibility index (Phi) is 9.53. The van der Waals surface area contributed by atoms with Crippen LogP contribution in [-0.4, -0.2) is 29.7 Å². The number of carboxylic acid groups (broad SMARTS) is 1. The summed E-state index contributed by atoms with van der Waals surface area (Å²) in [5.74, 6) is 0.677. The van der Waals surface area contributed by atoms with Crippen LogP contribution in [0.4, 0.5) is 0 Å². The number of hydrogen-bond acceptors (Lipinski definition) is 3. The predicted molar refractivity (Wildman–Crippen MR) is 79.5 cm³/mol. The number of nitrogens with one attached hydrogen (secondary N) is 1. The second-order valence-corrected chi connectivity index (χ2v) is 5.02. The summed E-state index contributed by atoms with van der Waals surface area (Å²) in [5.41, 5.74) is 0. The van der Waals surface area contributed by atoms with E-state index in [1.165, 1.54) is 0 Å². The standard InChI is InChI=1S/C12H19BN2O3.C2H6/c1-13(8-14)7-10(16)15-11(12(17)18)9-5-3-2-4-6-9;1-2/h9,11H,2-7H2,1H3,(H,15,16)(H,17,18);1-2H3. The van der Waals surface area contributed by atoms with Gasteiger partial charge in [0.25, 0.3) is 6.71 Å². The van der Waals surface area contributed by atoms with Gasteiger partial charge >= 0.3 is 5.97 Å². The number of carbonyl (C=O) groups excluding carboxylic acids is 1. The number of amides is 1. The molecule has 0 saturated heterocycles. The number of rotatable bonds is 5. The molecule has 20 heavy (non-hydrogen) atoms. The van der Waals surface area contributed by atoms with E-state index in [0.717, 1.165) is 32.1 Å². The van der Waals surface area contributed by atoms with Crippen LogP contribution in [0.1, 0.15) is 46.0 Å². The van der Waals surface area contributed by atoms with Gasteiger partial charge in [0.05, 0.1) is 0 Å². The smallest absolute Gasteiger partial charge is 0.326 e. The Labute approximate surface area is 121 Å². The van der Waals surface area contributed by atoms with Crippen LogP contribution in [0.5, 0.6) is 0 Å². The lowest BCUT2D eigenvalue weighted by Crippen LogP contribution is -2.47. The molecule has 6 heteroatoms. The maximum Gasteiger partial charge on any atom is 0.326 e. The minimum absolute atomic E-state index is 0.0255. The highest BCUT2D eigenvalue weighted by molar-refractivity contribution is 6.68. The van der Waals surface area contributed by atoms with Gasteiger partial charge in [0.1, 0.15) is 6.04 Å². The van der Waals surface area contributed by atoms with Gasteiger partial charge in [-0.15, -0.1) is 0 Å². The van der Waals surface area contributed by atoms with Gasteiger partial charge in [-0.2, -0.15) is 0 Å². The van der Waals surface area contributed by atoms with E-state index in [9.17, 15) is 14.7 Å². The van der Waals surface area contributed by atoms with E-state index >= 15 is 0 Å². The zero-order valence-corrected chi connectivity index (χ0v) is 12.7. The first-order valence-electron chi connectivity index (χ1n) is 7.46. The van der Waals surface area contributed by atoms with Crippen LogP contribution in [0.15, 0.2) is 0 Å². The third kappa shape index (κ3) is 6.60. The van der Waals surface area contributed by atoms with E-state index in [2.05, 4.69) is 5.32 Å². The molecule has 112 valence electrons. The van der Waals surface area contributed by atoms with Gasteiger partial charge in [0, 0.05) is 12.3 Å². The van der Waals surface area contributed by atoms with E-state index < -0.39 is 12.0 Å².